The minimum absolute atomic E-state index is 0.00463. The van der Waals surface area contributed by atoms with Gasteiger partial charge in [0, 0.05) is 18.2 Å². The first-order valence-electron chi connectivity index (χ1n) is 9.68. The summed E-state index contributed by atoms with van der Waals surface area (Å²) in [4.78, 5) is 20.3. The second-order valence-electron chi connectivity index (χ2n) is 6.68. The van der Waals surface area contributed by atoms with Crippen molar-refractivity contribution in [2.75, 3.05) is 6.54 Å². The van der Waals surface area contributed by atoms with E-state index in [1.807, 2.05) is 36.4 Å². The molecule has 7 heteroatoms. The van der Waals surface area contributed by atoms with Gasteiger partial charge in [-0.05, 0) is 37.1 Å². The fourth-order valence-electron chi connectivity index (χ4n) is 2.51. The first kappa shape index (κ1) is 24.3. The molecule has 1 aliphatic rings. The highest BCUT2D eigenvalue weighted by Crippen LogP contribution is 2.21. The van der Waals surface area contributed by atoms with E-state index in [0.29, 0.717) is 17.4 Å². The van der Waals surface area contributed by atoms with Gasteiger partial charge in [0.05, 0.1) is 0 Å². The Morgan fingerprint density at radius 2 is 1.69 bits per heavy atom. The van der Waals surface area contributed by atoms with Crippen LogP contribution in [0.25, 0.3) is 0 Å². The summed E-state index contributed by atoms with van der Waals surface area (Å²) >= 11 is 0. The van der Waals surface area contributed by atoms with E-state index in [1.165, 1.54) is 32.1 Å². The van der Waals surface area contributed by atoms with Crippen molar-refractivity contribution in [2.45, 2.75) is 44.2 Å². The van der Waals surface area contributed by atoms with E-state index in [-0.39, 0.29) is 6.54 Å². The maximum Gasteiger partial charge on any atom is 0.321 e. The van der Waals surface area contributed by atoms with Crippen LogP contribution in [-0.4, -0.2) is 36.0 Å². The first-order valence-corrected chi connectivity index (χ1v) is 9.68. The number of carboxylic acids is 1. The third-order valence-electron chi connectivity index (χ3n) is 4.19. The third kappa shape index (κ3) is 11.0. The van der Waals surface area contributed by atoms with Crippen LogP contribution in [-0.2, 0) is 4.79 Å². The summed E-state index contributed by atoms with van der Waals surface area (Å²) in [5.74, 6) is 0.383. The van der Waals surface area contributed by atoms with Crippen molar-refractivity contribution in [1.29, 1.82) is 0 Å². The van der Waals surface area contributed by atoms with Gasteiger partial charge in [-0.25, -0.2) is 0 Å². The molecule has 7 nitrogen and oxygen atoms in total. The molecule has 0 bridgehead atoms. The number of hydrogen-bond acceptors (Lipinski definition) is 6. The average molecular weight is 402 g/mol. The summed E-state index contributed by atoms with van der Waals surface area (Å²) in [7, 11) is 0. The Morgan fingerprint density at radius 3 is 2.14 bits per heavy atom. The molecule has 0 aliphatic heterocycles. The summed E-state index contributed by atoms with van der Waals surface area (Å²) in [5, 5.41) is 7.98. The molecule has 7 N–H and O–H groups in total. The van der Waals surface area contributed by atoms with Gasteiger partial charge in [0.1, 0.15) is 23.8 Å². The number of carbonyl (C=O) groups is 2. The Morgan fingerprint density at radius 1 is 1.07 bits per heavy atom. The minimum Gasteiger partial charge on any atom is -0.480 e. The average Bonchev–Trinajstić information content (AvgIpc) is 2.75. The summed E-state index contributed by atoms with van der Waals surface area (Å²) in [6.07, 6.45) is 7.47. The zero-order valence-corrected chi connectivity index (χ0v) is 16.6. The van der Waals surface area contributed by atoms with Crippen LogP contribution in [0, 0.1) is 0 Å². The maximum absolute atomic E-state index is 10.6. The Bertz CT molecular complexity index is 719. The number of aliphatic carboxylic acids is 1. The number of ether oxygens (including phenoxy) is 1. The summed E-state index contributed by atoms with van der Waals surface area (Å²) in [6, 6.07) is 16.2. The Labute approximate surface area is 171 Å². The van der Waals surface area contributed by atoms with E-state index in [0.717, 1.165) is 12.0 Å². The Balaban J connectivity index is 0.000000251. The number of para-hydroxylation sites is 1. The largest absolute Gasteiger partial charge is 0.480 e. The quantitative estimate of drug-likeness (QED) is 0.564. The lowest BCUT2D eigenvalue weighted by Crippen LogP contribution is -2.37. The van der Waals surface area contributed by atoms with E-state index in [9.17, 15) is 9.59 Å². The predicted octanol–water partition coefficient (Wildman–Crippen LogP) is 2.93. The standard InChI is InChI=1S/C13H10O2.C6H13N.C3H8N2O2/c14-10-11-5-4-8-13(9-11)15-12-6-2-1-3-7-12;7-6-4-2-1-3-5-6;4-1-2(5)3(6)7/h1-10H;6H,1-5,7H2;2H,1,4-5H2,(H,6,7)/t;;2-/m..0/s1. The van der Waals surface area contributed by atoms with Gasteiger partial charge < -0.3 is 27.0 Å². The monoisotopic (exact) mass is 401 g/mol. The van der Waals surface area contributed by atoms with Crippen molar-refractivity contribution in [1.82, 2.24) is 0 Å². The number of carbonyl (C=O) groups excluding carboxylic acids is 1. The van der Waals surface area contributed by atoms with Gasteiger partial charge in [-0.1, -0.05) is 49.6 Å². The highest BCUT2D eigenvalue weighted by Gasteiger charge is 2.06. The molecular formula is C22H31N3O4. The van der Waals surface area contributed by atoms with Gasteiger partial charge in [0.15, 0.2) is 0 Å². The van der Waals surface area contributed by atoms with Crippen LogP contribution in [0.2, 0.25) is 0 Å². The molecule has 0 aromatic heterocycles. The van der Waals surface area contributed by atoms with Gasteiger partial charge in [-0.2, -0.15) is 0 Å². The van der Waals surface area contributed by atoms with E-state index in [2.05, 4.69) is 0 Å². The van der Waals surface area contributed by atoms with Gasteiger partial charge in [-0.15, -0.1) is 0 Å². The smallest absolute Gasteiger partial charge is 0.321 e. The predicted molar refractivity (Wildman–Crippen MR) is 114 cm³/mol. The molecule has 0 amide bonds. The van der Waals surface area contributed by atoms with Gasteiger partial charge in [0.25, 0.3) is 0 Å². The number of benzene rings is 2. The highest BCUT2D eigenvalue weighted by atomic mass is 16.5. The molecular weight excluding hydrogens is 370 g/mol. The van der Waals surface area contributed by atoms with E-state index < -0.39 is 12.0 Å². The van der Waals surface area contributed by atoms with Gasteiger partial charge in [-0.3, -0.25) is 9.59 Å². The topological polar surface area (TPSA) is 142 Å². The maximum atomic E-state index is 10.6. The molecule has 0 unspecified atom stereocenters. The molecule has 2 aromatic carbocycles. The molecule has 158 valence electrons. The van der Waals surface area contributed by atoms with Crippen LogP contribution in [0.15, 0.2) is 54.6 Å². The van der Waals surface area contributed by atoms with Crippen molar-refractivity contribution >= 4 is 12.3 Å². The van der Waals surface area contributed by atoms with Crippen LogP contribution >= 0.6 is 0 Å². The summed E-state index contributed by atoms with van der Waals surface area (Å²) in [6.45, 7) is -0.00463. The molecule has 3 rings (SSSR count). The van der Waals surface area contributed by atoms with Crippen LogP contribution in [0.5, 0.6) is 11.5 Å². The zero-order chi connectivity index (χ0) is 21.5. The lowest BCUT2D eigenvalue weighted by Gasteiger charge is -2.15. The van der Waals surface area contributed by atoms with Crippen LogP contribution < -0.4 is 21.9 Å². The van der Waals surface area contributed by atoms with Crippen molar-refractivity contribution in [3.63, 3.8) is 0 Å². The summed E-state index contributed by atoms with van der Waals surface area (Å²) < 4.78 is 5.56. The molecule has 0 radical (unpaired) electrons. The molecule has 0 heterocycles. The van der Waals surface area contributed by atoms with Gasteiger partial charge in [0.2, 0.25) is 0 Å². The van der Waals surface area contributed by atoms with E-state index in [4.69, 9.17) is 27.0 Å². The van der Waals surface area contributed by atoms with Crippen molar-refractivity contribution < 1.29 is 19.4 Å². The van der Waals surface area contributed by atoms with Crippen molar-refractivity contribution in [3.05, 3.63) is 60.2 Å². The van der Waals surface area contributed by atoms with E-state index in [1.54, 1.807) is 18.2 Å². The highest BCUT2D eigenvalue weighted by molar-refractivity contribution is 5.75. The molecule has 29 heavy (non-hydrogen) atoms. The molecule has 1 saturated carbocycles. The summed E-state index contributed by atoms with van der Waals surface area (Å²) in [5.41, 5.74) is 16.0. The normalized spacial score (nSPS) is 14.3. The molecule has 1 aliphatic carbocycles. The fourth-order valence-corrected chi connectivity index (χ4v) is 2.51. The Hall–Kier alpha value is -2.74. The second-order valence-corrected chi connectivity index (χ2v) is 6.68. The lowest BCUT2D eigenvalue weighted by atomic mass is 9.97. The molecule has 0 spiro atoms. The SMILES string of the molecule is NC1CCCCC1.NC[C@H](N)C(=O)O.O=Cc1cccc(Oc2ccccc2)c1. The van der Waals surface area contributed by atoms with E-state index >= 15 is 0 Å². The van der Waals surface area contributed by atoms with Crippen molar-refractivity contribution in [3.8, 4) is 11.5 Å². The minimum atomic E-state index is -1.05. The number of carboxylic acid groups (broad SMARTS) is 1. The Kier molecular flexibility index (Phi) is 12.0. The number of rotatable bonds is 5. The van der Waals surface area contributed by atoms with Crippen LogP contribution in [0.1, 0.15) is 42.5 Å². The van der Waals surface area contributed by atoms with Crippen LogP contribution in [0.3, 0.4) is 0 Å². The first-order chi connectivity index (χ1) is 14.0. The number of hydrogen-bond donors (Lipinski definition) is 4. The van der Waals surface area contributed by atoms with Gasteiger partial charge >= 0.3 is 5.97 Å². The zero-order valence-electron chi connectivity index (χ0n) is 16.6. The molecule has 1 fully saturated rings. The van der Waals surface area contributed by atoms with Crippen molar-refractivity contribution in [2.24, 2.45) is 17.2 Å². The van der Waals surface area contributed by atoms with Crippen LogP contribution in [0.4, 0.5) is 0 Å². The molecule has 1 atom stereocenters. The molecule has 2 aromatic rings. The molecule has 0 saturated heterocycles. The second kappa shape index (κ2) is 14.3. The third-order valence-corrected chi connectivity index (χ3v) is 4.19. The fraction of sp³-hybridized carbons (Fsp3) is 0.364. The lowest BCUT2D eigenvalue weighted by molar-refractivity contribution is -0.138. The number of nitrogens with two attached hydrogens (primary N) is 3. The number of aldehydes is 1.